The van der Waals surface area contributed by atoms with Crippen LogP contribution in [0.25, 0.3) is 0 Å². The van der Waals surface area contributed by atoms with E-state index >= 15 is 0 Å². The first-order chi connectivity index (χ1) is 13.1. The van der Waals surface area contributed by atoms with E-state index in [-0.39, 0.29) is 5.91 Å². The van der Waals surface area contributed by atoms with Crippen molar-refractivity contribution < 1.29 is 4.79 Å². The molecule has 2 aromatic carbocycles. The molecular formula is C20H18BN5O. The number of amides is 1. The van der Waals surface area contributed by atoms with Crippen LogP contribution in [0.2, 0.25) is 0 Å². The van der Waals surface area contributed by atoms with Gasteiger partial charge in [-0.2, -0.15) is 0 Å². The Morgan fingerprint density at radius 1 is 0.926 bits per heavy atom. The number of anilines is 5. The predicted octanol–water partition coefficient (Wildman–Crippen LogP) is 3.27. The van der Waals surface area contributed by atoms with Crippen LogP contribution in [0.5, 0.6) is 0 Å². The second-order valence-electron chi connectivity index (χ2n) is 5.73. The first kappa shape index (κ1) is 18.2. The minimum absolute atomic E-state index is 0.176. The summed E-state index contributed by atoms with van der Waals surface area (Å²) in [4.78, 5) is 20.1. The van der Waals surface area contributed by atoms with Gasteiger partial charge in [0, 0.05) is 23.1 Å². The molecule has 0 aliphatic rings. The van der Waals surface area contributed by atoms with Crippen LogP contribution in [0.15, 0.2) is 73.1 Å². The lowest BCUT2D eigenvalue weighted by Crippen LogP contribution is -2.07. The molecule has 27 heavy (non-hydrogen) atoms. The number of rotatable bonds is 6. The molecule has 0 bridgehead atoms. The second-order valence-corrected chi connectivity index (χ2v) is 5.73. The average molecular weight is 355 g/mol. The Morgan fingerprint density at radius 3 is 2.22 bits per heavy atom. The fourth-order valence-corrected chi connectivity index (χ4v) is 2.42. The summed E-state index contributed by atoms with van der Waals surface area (Å²) < 4.78 is 0. The Balaban J connectivity index is 1.72. The molecule has 2 radical (unpaired) electrons. The monoisotopic (exact) mass is 355 g/mol. The smallest absolute Gasteiger partial charge is 0.248 e. The SMILES string of the molecule is [B]c1cccc(Nc2cc(Nc3cccc(NC(=O)/C=C/C)c3)ncn2)c1. The molecule has 1 aromatic heterocycles. The van der Waals surface area contributed by atoms with Crippen molar-refractivity contribution in [1.82, 2.24) is 9.97 Å². The molecule has 0 saturated carbocycles. The maximum Gasteiger partial charge on any atom is 0.248 e. The number of carbonyl (C=O) groups excluding carboxylic acids is 1. The maximum absolute atomic E-state index is 11.7. The van der Waals surface area contributed by atoms with Crippen molar-refractivity contribution in [2.75, 3.05) is 16.0 Å². The van der Waals surface area contributed by atoms with Gasteiger partial charge in [0.2, 0.25) is 5.91 Å². The summed E-state index contributed by atoms with van der Waals surface area (Å²) >= 11 is 0. The molecule has 3 aromatic rings. The fraction of sp³-hybridized carbons (Fsp3) is 0.0500. The number of hydrogen-bond acceptors (Lipinski definition) is 5. The van der Waals surface area contributed by atoms with Crippen LogP contribution in [-0.4, -0.2) is 23.7 Å². The van der Waals surface area contributed by atoms with Crippen LogP contribution in [-0.2, 0) is 4.79 Å². The molecular weight excluding hydrogens is 337 g/mol. The van der Waals surface area contributed by atoms with E-state index in [9.17, 15) is 4.79 Å². The molecule has 0 spiro atoms. The minimum atomic E-state index is -0.176. The second kappa shape index (κ2) is 8.67. The van der Waals surface area contributed by atoms with E-state index in [2.05, 4.69) is 25.9 Å². The zero-order valence-electron chi connectivity index (χ0n) is 14.8. The minimum Gasteiger partial charge on any atom is -0.340 e. The van der Waals surface area contributed by atoms with E-state index in [1.165, 1.54) is 12.4 Å². The molecule has 7 heteroatoms. The summed E-state index contributed by atoms with van der Waals surface area (Å²) in [6.45, 7) is 1.79. The van der Waals surface area contributed by atoms with Gasteiger partial charge >= 0.3 is 0 Å². The zero-order chi connectivity index (χ0) is 19.1. The maximum atomic E-state index is 11.7. The summed E-state index contributed by atoms with van der Waals surface area (Å²) in [5, 5.41) is 9.18. The summed E-state index contributed by atoms with van der Waals surface area (Å²) in [6, 6.07) is 16.6. The van der Waals surface area contributed by atoms with Gasteiger partial charge in [0.1, 0.15) is 25.8 Å². The number of aromatic nitrogens is 2. The number of allylic oxidation sites excluding steroid dienone is 1. The Labute approximate surface area is 159 Å². The van der Waals surface area contributed by atoms with E-state index in [1.807, 2.05) is 48.5 Å². The normalized spacial score (nSPS) is 10.6. The highest BCUT2D eigenvalue weighted by molar-refractivity contribution is 6.32. The van der Waals surface area contributed by atoms with Gasteiger partial charge in [0.15, 0.2) is 0 Å². The van der Waals surface area contributed by atoms with Crippen LogP contribution in [0.3, 0.4) is 0 Å². The third-order valence-electron chi connectivity index (χ3n) is 3.55. The van der Waals surface area contributed by atoms with Crippen molar-refractivity contribution in [3.8, 4) is 0 Å². The summed E-state index contributed by atoms with van der Waals surface area (Å²) in [5.74, 6) is 1.08. The van der Waals surface area contributed by atoms with E-state index in [4.69, 9.17) is 7.85 Å². The zero-order valence-corrected chi connectivity index (χ0v) is 14.8. The molecule has 1 amide bonds. The van der Waals surface area contributed by atoms with Crippen molar-refractivity contribution in [3.63, 3.8) is 0 Å². The van der Waals surface area contributed by atoms with E-state index in [0.717, 1.165) is 11.4 Å². The summed E-state index contributed by atoms with van der Waals surface area (Å²) in [7, 11) is 5.79. The van der Waals surface area contributed by atoms with Crippen molar-refractivity contribution in [2.45, 2.75) is 6.92 Å². The van der Waals surface area contributed by atoms with Crippen molar-refractivity contribution in [2.24, 2.45) is 0 Å². The largest absolute Gasteiger partial charge is 0.340 e. The van der Waals surface area contributed by atoms with Gasteiger partial charge in [-0.05, 0) is 43.3 Å². The average Bonchev–Trinajstić information content (AvgIpc) is 2.62. The van der Waals surface area contributed by atoms with Crippen molar-refractivity contribution in [3.05, 3.63) is 73.1 Å². The first-order valence-corrected chi connectivity index (χ1v) is 8.38. The highest BCUT2D eigenvalue weighted by atomic mass is 16.1. The molecule has 3 rings (SSSR count). The molecule has 0 fully saturated rings. The van der Waals surface area contributed by atoms with Gasteiger partial charge in [0.25, 0.3) is 0 Å². The van der Waals surface area contributed by atoms with Crippen LogP contribution < -0.4 is 21.4 Å². The molecule has 0 aliphatic heterocycles. The molecule has 0 unspecified atom stereocenters. The van der Waals surface area contributed by atoms with Gasteiger partial charge in [-0.1, -0.05) is 29.7 Å². The standard InChI is InChI=1S/C20H18BN5O/c1-2-5-20(27)26-17-9-4-8-16(11-17)25-19-12-18(22-13-23-19)24-15-7-3-6-14(21)10-15/h2-13H,1H3,(H,26,27)(H2,22,23,24,25)/b5-2+. The number of hydrogen-bond donors (Lipinski definition) is 3. The fourth-order valence-electron chi connectivity index (χ4n) is 2.42. The Bertz CT molecular complexity index is 974. The third-order valence-corrected chi connectivity index (χ3v) is 3.55. The van der Waals surface area contributed by atoms with Gasteiger partial charge in [-0.15, -0.1) is 0 Å². The van der Waals surface area contributed by atoms with E-state index < -0.39 is 0 Å². The van der Waals surface area contributed by atoms with Crippen molar-refractivity contribution in [1.29, 1.82) is 0 Å². The highest BCUT2D eigenvalue weighted by Gasteiger charge is 2.03. The van der Waals surface area contributed by atoms with Crippen molar-refractivity contribution >= 4 is 47.9 Å². The lowest BCUT2D eigenvalue weighted by atomic mass is 9.96. The first-order valence-electron chi connectivity index (χ1n) is 8.38. The quantitative estimate of drug-likeness (QED) is 0.467. The number of nitrogens with one attached hydrogen (secondary N) is 3. The molecule has 3 N–H and O–H groups in total. The van der Waals surface area contributed by atoms with Crippen LogP contribution in [0.1, 0.15) is 6.92 Å². The third kappa shape index (κ3) is 5.44. The van der Waals surface area contributed by atoms with Gasteiger partial charge in [0.05, 0.1) is 0 Å². The number of benzene rings is 2. The molecule has 6 nitrogen and oxygen atoms in total. The molecule has 132 valence electrons. The lowest BCUT2D eigenvalue weighted by molar-refractivity contribution is -0.111. The molecule has 1 heterocycles. The topological polar surface area (TPSA) is 78.9 Å². The Kier molecular flexibility index (Phi) is 5.84. The predicted molar refractivity (Wildman–Crippen MR) is 110 cm³/mol. The molecule has 0 atom stereocenters. The van der Waals surface area contributed by atoms with E-state index in [1.54, 1.807) is 19.1 Å². The lowest BCUT2D eigenvalue weighted by Gasteiger charge is -2.10. The van der Waals surface area contributed by atoms with Gasteiger partial charge < -0.3 is 16.0 Å². The number of nitrogens with zero attached hydrogens (tertiary/aromatic N) is 2. The highest BCUT2D eigenvalue weighted by Crippen LogP contribution is 2.21. The molecule has 0 aliphatic carbocycles. The van der Waals surface area contributed by atoms with Crippen LogP contribution >= 0.6 is 0 Å². The molecule has 0 saturated heterocycles. The number of carbonyl (C=O) groups is 1. The Hall–Kier alpha value is -3.61. The van der Waals surface area contributed by atoms with Gasteiger partial charge in [-0.3, -0.25) is 4.79 Å². The van der Waals surface area contributed by atoms with Crippen LogP contribution in [0, 0.1) is 0 Å². The van der Waals surface area contributed by atoms with Gasteiger partial charge in [-0.25, -0.2) is 9.97 Å². The van der Waals surface area contributed by atoms with E-state index in [0.29, 0.717) is 22.8 Å². The summed E-state index contributed by atoms with van der Waals surface area (Å²) in [5.41, 5.74) is 3.00. The summed E-state index contributed by atoms with van der Waals surface area (Å²) in [6.07, 6.45) is 4.63. The Morgan fingerprint density at radius 2 is 1.56 bits per heavy atom. The van der Waals surface area contributed by atoms with Crippen LogP contribution in [0.4, 0.5) is 28.7 Å².